The summed E-state index contributed by atoms with van der Waals surface area (Å²) >= 11 is 4.96. The topological polar surface area (TPSA) is 58.6 Å². The van der Waals surface area contributed by atoms with E-state index in [-0.39, 0.29) is 11.8 Å². The molecule has 0 aliphatic rings. The Kier molecular flexibility index (Phi) is 8.86. The normalized spacial score (nSPS) is 11.6. The monoisotopic (exact) mass is 464 g/mol. The number of likely N-dealkylation sites (N-methyl/N-ethyl adjacent to an activating group) is 1. The molecule has 0 aliphatic heterocycles. The highest BCUT2D eigenvalue weighted by molar-refractivity contribution is 9.10. The number of hydrogen-bond donors (Lipinski definition) is 1. The van der Waals surface area contributed by atoms with Crippen molar-refractivity contribution in [1.82, 2.24) is 10.2 Å². The number of halogens is 1. The Morgan fingerprint density at radius 1 is 1.11 bits per heavy atom. The molecule has 1 atom stereocenters. The fourth-order valence-electron chi connectivity index (χ4n) is 2.64. The molecular formula is C21H25BrN2O3S. The molecule has 0 saturated carbocycles. The maximum Gasteiger partial charge on any atom is 0.242 e. The zero-order chi connectivity index (χ0) is 20.5. The van der Waals surface area contributed by atoms with Gasteiger partial charge in [0, 0.05) is 23.8 Å². The van der Waals surface area contributed by atoms with Crippen molar-refractivity contribution >= 4 is 39.5 Å². The number of rotatable bonds is 9. The molecular weight excluding hydrogens is 440 g/mol. The lowest BCUT2D eigenvalue weighted by Gasteiger charge is -2.28. The highest BCUT2D eigenvalue weighted by Gasteiger charge is 2.25. The van der Waals surface area contributed by atoms with Crippen LogP contribution in [-0.4, -0.2) is 42.7 Å². The van der Waals surface area contributed by atoms with Crippen LogP contribution in [0.2, 0.25) is 0 Å². The van der Waals surface area contributed by atoms with Crippen LogP contribution in [0.5, 0.6) is 5.75 Å². The molecule has 0 fully saturated rings. The highest BCUT2D eigenvalue weighted by atomic mass is 79.9. The van der Waals surface area contributed by atoms with Gasteiger partial charge in [0.15, 0.2) is 0 Å². The molecule has 1 N–H and O–H groups in total. The first-order valence-electron chi connectivity index (χ1n) is 8.90. The molecule has 0 spiro atoms. The van der Waals surface area contributed by atoms with Crippen LogP contribution >= 0.6 is 27.7 Å². The molecule has 2 rings (SSSR count). The van der Waals surface area contributed by atoms with E-state index in [4.69, 9.17) is 4.74 Å². The Morgan fingerprint density at radius 2 is 1.71 bits per heavy atom. The third-order valence-electron chi connectivity index (χ3n) is 4.33. The quantitative estimate of drug-likeness (QED) is 0.611. The molecule has 0 bridgehead atoms. The summed E-state index contributed by atoms with van der Waals surface area (Å²) in [5, 5.41) is 2.63. The zero-order valence-corrected chi connectivity index (χ0v) is 18.7. The number of thioether (sulfide) groups is 1. The van der Waals surface area contributed by atoms with E-state index >= 15 is 0 Å². The molecule has 2 aromatic rings. The second-order valence-electron chi connectivity index (χ2n) is 6.28. The summed E-state index contributed by atoms with van der Waals surface area (Å²) in [7, 11) is 3.19. The van der Waals surface area contributed by atoms with Gasteiger partial charge in [-0.1, -0.05) is 40.2 Å². The smallest absolute Gasteiger partial charge is 0.242 e. The van der Waals surface area contributed by atoms with Gasteiger partial charge >= 0.3 is 0 Å². The number of nitrogens with zero attached hydrogens (tertiary/aromatic N) is 1. The Bertz CT molecular complexity index is 781. The Morgan fingerprint density at radius 3 is 2.29 bits per heavy atom. The molecule has 0 radical (unpaired) electrons. The minimum absolute atomic E-state index is 0.0611. The van der Waals surface area contributed by atoms with Crippen molar-refractivity contribution < 1.29 is 14.3 Å². The molecule has 0 aromatic heterocycles. The molecule has 5 nitrogen and oxygen atoms in total. The van der Waals surface area contributed by atoms with Crippen molar-refractivity contribution in [2.45, 2.75) is 25.3 Å². The standard InChI is InChI=1S/C21H25BrN2O3S/c1-15(21(26)23-2)24(12-16-6-10-19(27-3)11-7-16)20(25)14-28-13-17-4-8-18(22)9-5-17/h4-11,15H,12-14H2,1-3H3,(H,23,26). The van der Waals surface area contributed by atoms with E-state index < -0.39 is 6.04 Å². The molecule has 1 unspecified atom stereocenters. The third-order valence-corrected chi connectivity index (χ3v) is 5.85. The fourth-order valence-corrected chi connectivity index (χ4v) is 3.77. The second-order valence-corrected chi connectivity index (χ2v) is 8.18. The first-order chi connectivity index (χ1) is 13.4. The van der Waals surface area contributed by atoms with Gasteiger partial charge in [-0.2, -0.15) is 0 Å². The minimum atomic E-state index is -0.548. The van der Waals surface area contributed by atoms with E-state index in [0.717, 1.165) is 27.1 Å². The van der Waals surface area contributed by atoms with Crippen LogP contribution in [-0.2, 0) is 21.9 Å². The van der Waals surface area contributed by atoms with Crippen LogP contribution in [0.4, 0.5) is 0 Å². The fraction of sp³-hybridized carbons (Fsp3) is 0.333. The zero-order valence-electron chi connectivity index (χ0n) is 16.3. The van der Waals surface area contributed by atoms with Gasteiger partial charge in [0.25, 0.3) is 0 Å². The van der Waals surface area contributed by atoms with Crippen molar-refractivity contribution in [1.29, 1.82) is 0 Å². The molecule has 2 aromatic carbocycles. The Balaban J connectivity index is 2.02. The number of hydrogen-bond acceptors (Lipinski definition) is 4. The van der Waals surface area contributed by atoms with E-state index in [1.54, 1.807) is 37.7 Å². The lowest BCUT2D eigenvalue weighted by atomic mass is 10.1. The van der Waals surface area contributed by atoms with Crippen molar-refractivity contribution in [2.75, 3.05) is 19.9 Å². The largest absolute Gasteiger partial charge is 0.497 e. The van der Waals surface area contributed by atoms with Crippen molar-refractivity contribution in [3.63, 3.8) is 0 Å². The maximum atomic E-state index is 12.9. The molecule has 7 heteroatoms. The summed E-state index contributed by atoms with van der Waals surface area (Å²) in [5.74, 6) is 1.57. The lowest BCUT2D eigenvalue weighted by molar-refractivity contribution is -0.138. The van der Waals surface area contributed by atoms with E-state index in [1.807, 2.05) is 48.5 Å². The van der Waals surface area contributed by atoms with E-state index in [2.05, 4.69) is 21.2 Å². The summed E-state index contributed by atoms with van der Waals surface area (Å²) in [6.45, 7) is 2.12. The van der Waals surface area contributed by atoms with Crippen molar-refractivity contribution in [3.8, 4) is 5.75 Å². The van der Waals surface area contributed by atoms with Crippen LogP contribution in [0, 0.1) is 0 Å². The summed E-state index contributed by atoms with van der Waals surface area (Å²) in [6, 6.07) is 15.0. The molecule has 0 heterocycles. The summed E-state index contributed by atoms with van der Waals surface area (Å²) in [4.78, 5) is 26.6. The Labute approximate surface area is 179 Å². The van der Waals surface area contributed by atoms with Gasteiger partial charge in [0.1, 0.15) is 11.8 Å². The van der Waals surface area contributed by atoms with Crippen LogP contribution in [0.25, 0.3) is 0 Å². The van der Waals surface area contributed by atoms with E-state index in [1.165, 1.54) is 0 Å². The number of carbonyl (C=O) groups excluding carboxylic acids is 2. The number of carbonyl (C=O) groups is 2. The predicted octanol–water partition coefficient (Wildman–Crippen LogP) is 3.85. The summed E-state index contributed by atoms with van der Waals surface area (Å²) < 4.78 is 6.21. The van der Waals surface area contributed by atoms with Crippen molar-refractivity contribution in [2.24, 2.45) is 0 Å². The average Bonchev–Trinajstić information content (AvgIpc) is 2.72. The second kappa shape index (κ2) is 11.1. The molecule has 0 saturated heterocycles. The first-order valence-corrected chi connectivity index (χ1v) is 10.9. The van der Waals surface area contributed by atoms with Crippen LogP contribution < -0.4 is 10.1 Å². The van der Waals surface area contributed by atoms with Gasteiger partial charge in [0.05, 0.1) is 12.9 Å². The van der Waals surface area contributed by atoms with Gasteiger partial charge in [-0.3, -0.25) is 9.59 Å². The van der Waals surface area contributed by atoms with Gasteiger partial charge in [-0.05, 0) is 42.3 Å². The van der Waals surface area contributed by atoms with Crippen molar-refractivity contribution in [3.05, 3.63) is 64.1 Å². The van der Waals surface area contributed by atoms with E-state index in [0.29, 0.717) is 12.3 Å². The summed E-state index contributed by atoms with van der Waals surface area (Å²) in [5.41, 5.74) is 2.10. The predicted molar refractivity (Wildman–Crippen MR) is 117 cm³/mol. The number of methoxy groups -OCH3 is 1. The number of amides is 2. The van der Waals surface area contributed by atoms with Gasteiger partial charge in [0.2, 0.25) is 11.8 Å². The first kappa shape index (κ1) is 22.3. The summed E-state index contributed by atoms with van der Waals surface area (Å²) in [6.07, 6.45) is 0. The Hall–Kier alpha value is -1.99. The molecule has 2 amide bonds. The SMILES string of the molecule is CNC(=O)C(C)N(Cc1ccc(OC)cc1)C(=O)CSCc1ccc(Br)cc1. The minimum Gasteiger partial charge on any atom is -0.497 e. The number of nitrogens with one attached hydrogen (secondary N) is 1. The lowest BCUT2D eigenvalue weighted by Crippen LogP contribution is -2.47. The molecule has 150 valence electrons. The average molecular weight is 465 g/mol. The van der Waals surface area contributed by atoms with Gasteiger partial charge in [-0.25, -0.2) is 0 Å². The van der Waals surface area contributed by atoms with Gasteiger partial charge in [-0.15, -0.1) is 11.8 Å². The van der Waals surface area contributed by atoms with E-state index in [9.17, 15) is 9.59 Å². The molecule has 28 heavy (non-hydrogen) atoms. The maximum absolute atomic E-state index is 12.9. The number of benzene rings is 2. The van der Waals surface area contributed by atoms with Crippen LogP contribution in [0.3, 0.4) is 0 Å². The number of ether oxygens (including phenoxy) is 1. The van der Waals surface area contributed by atoms with Crippen LogP contribution in [0.15, 0.2) is 53.0 Å². The van der Waals surface area contributed by atoms with Crippen LogP contribution in [0.1, 0.15) is 18.1 Å². The highest BCUT2D eigenvalue weighted by Crippen LogP contribution is 2.19. The molecule has 0 aliphatic carbocycles. The third kappa shape index (κ3) is 6.56. The van der Waals surface area contributed by atoms with Gasteiger partial charge < -0.3 is 15.0 Å².